The van der Waals surface area contributed by atoms with Crippen LogP contribution in [0.1, 0.15) is 34.1 Å². The molecule has 10 heavy (non-hydrogen) atoms. The average Bonchev–Trinajstić information content (AvgIpc) is 2.01. The molecule has 0 aromatic heterocycles. The predicted molar refractivity (Wildman–Crippen MR) is 52.3 cm³/mol. The van der Waals surface area contributed by atoms with Crippen LogP contribution in [0.4, 0.5) is 0 Å². The van der Waals surface area contributed by atoms with Gasteiger partial charge in [-0.1, -0.05) is 0 Å². The summed E-state index contributed by atoms with van der Waals surface area (Å²) < 4.78 is 6.37. The van der Waals surface area contributed by atoms with Gasteiger partial charge in [0.15, 0.2) is 0 Å². The second kappa shape index (κ2) is 5.56. The molecule has 0 N–H and O–H groups in total. The molecule has 0 unspecified atom stereocenters. The van der Waals surface area contributed by atoms with Crippen LogP contribution in [0.2, 0.25) is 15.9 Å². The van der Waals surface area contributed by atoms with E-state index in [0.29, 0.717) is 0 Å². The van der Waals surface area contributed by atoms with Gasteiger partial charge >= 0.3 is 71.2 Å². The zero-order valence-corrected chi connectivity index (χ0v) is 11.9. The van der Waals surface area contributed by atoms with Crippen LogP contribution in [0.15, 0.2) is 0 Å². The molecule has 0 spiro atoms. The molecule has 0 saturated carbocycles. The Labute approximate surface area is 71.1 Å². The fraction of sp³-hybridized carbons (Fsp3) is 1.00. The first-order valence-corrected chi connectivity index (χ1v) is 15.7. The van der Waals surface area contributed by atoms with Crippen molar-refractivity contribution in [3.8, 4) is 0 Å². The number of hydrogen-bond donors (Lipinski definition) is 0. The summed E-state index contributed by atoms with van der Waals surface area (Å²) in [5, 5.41) is 0. The van der Waals surface area contributed by atoms with Gasteiger partial charge in [-0.15, -0.1) is 0 Å². The first-order valence-electron chi connectivity index (χ1n) is 4.74. The third-order valence-corrected chi connectivity index (χ3v) is 26.6. The Morgan fingerprint density at radius 3 is 1.30 bits per heavy atom. The Hall–Kier alpha value is 0.922. The first kappa shape index (κ1) is 10.9. The topological polar surface area (TPSA) is 0 Å². The fourth-order valence-electron chi connectivity index (χ4n) is 1.81. The van der Waals surface area contributed by atoms with Crippen LogP contribution < -0.4 is 0 Å². The molecule has 0 saturated heterocycles. The SMILES string of the molecule is CC[CH2][Pb]([CH2]C)([CH2]C)[CH2]C. The van der Waals surface area contributed by atoms with Gasteiger partial charge in [0.2, 0.25) is 0 Å². The maximum absolute atomic E-state index is 2.42. The zero-order chi connectivity index (χ0) is 8.04. The standard InChI is InChI=1S/C3H7.3C2H5.Pb/c1-3-2;3*1-2;/h1,3H2,2H3;3*1H2,2H3;. The summed E-state index contributed by atoms with van der Waals surface area (Å²) in [4.78, 5) is 0. The summed E-state index contributed by atoms with van der Waals surface area (Å²) in [6.45, 7) is 9.61. The van der Waals surface area contributed by atoms with Gasteiger partial charge in [-0.25, -0.2) is 0 Å². The van der Waals surface area contributed by atoms with Gasteiger partial charge in [0, 0.05) is 0 Å². The van der Waals surface area contributed by atoms with E-state index in [9.17, 15) is 0 Å². The molecular formula is C9H22Pb. The van der Waals surface area contributed by atoms with Gasteiger partial charge in [0.1, 0.15) is 0 Å². The molecule has 0 heterocycles. The number of rotatable bonds is 5. The van der Waals surface area contributed by atoms with Gasteiger partial charge in [-0.05, 0) is 0 Å². The van der Waals surface area contributed by atoms with Crippen molar-refractivity contribution >= 4 is 21.2 Å². The molecule has 0 radical (unpaired) electrons. The van der Waals surface area contributed by atoms with Crippen molar-refractivity contribution < 1.29 is 0 Å². The van der Waals surface area contributed by atoms with Crippen LogP contribution in [0, 0.1) is 0 Å². The van der Waals surface area contributed by atoms with E-state index in [0.717, 1.165) is 0 Å². The van der Waals surface area contributed by atoms with E-state index in [1.54, 1.807) is 15.9 Å². The van der Waals surface area contributed by atoms with Crippen molar-refractivity contribution in [3.05, 3.63) is 0 Å². The molecule has 0 aliphatic carbocycles. The van der Waals surface area contributed by atoms with Crippen LogP contribution in [0.3, 0.4) is 0 Å². The van der Waals surface area contributed by atoms with Crippen molar-refractivity contribution in [2.45, 2.75) is 50.0 Å². The average molecular weight is 337 g/mol. The molecule has 0 aliphatic rings. The molecule has 0 aromatic carbocycles. The van der Waals surface area contributed by atoms with Crippen LogP contribution >= 0.6 is 0 Å². The molecule has 1 heteroatoms. The van der Waals surface area contributed by atoms with E-state index in [1.807, 2.05) is 0 Å². The summed E-state index contributed by atoms with van der Waals surface area (Å²) in [6, 6.07) is 0. The molecule has 0 nitrogen and oxygen atoms in total. The Balaban J connectivity index is 3.87. The summed E-state index contributed by atoms with van der Waals surface area (Å²) in [5.74, 6) is 0. The summed E-state index contributed by atoms with van der Waals surface area (Å²) in [7, 11) is 0. The number of hydrogen-bond acceptors (Lipinski definition) is 0. The normalized spacial score (nSPS) is 12.0. The second-order valence-corrected chi connectivity index (χ2v) is 25.2. The summed E-state index contributed by atoms with van der Waals surface area (Å²) >= 11 is -1.55. The minimum absolute atomic E-state index is 1.44. The molecule has 62 valence electrons. The van der Waals surface area contributed by atoms with E-state index in [-0.39, 0.29) is 0 Å². The van der Waals surface area contributed by atoms with E-state index in [4.69, 9.17) is 0 Å². The van der Waals surface area contributed by atoms with E-state index in [1.165, 1.54) is 6.42 Å². The molecule has 0 amide bonds. The van der Waals surface area contributed by atoms with Crippen LogP contribution in [-0.4, -0.2) is 21.2 Å². The van der Waals surface area contributed by atoms with Gasteiger partial charge in [-0.2, -0.15) is 0 Å². The minimum atomic E-state index is -1.55. The zero-order valence-electron chi connectivity index (χ0n) is 8.04. The van der Waals surface area contributed by atoms with E-state index >= 15 is 0 Å². The van der Waals surface area contributed by atoms with Gasteiger partial charge in [0.05, 0.1) is 0 Å². The van der Waals surface area contributed by atoms with Gasteiger partial charge in [0.25, 0.3) is 0 Å². The summed E-state index contributed by atoms with van der Waals surface area (Å²) in [5.41, 5.74) is 0. The van der Waals surface area contributed by atoms with Gasteiger partial charge in [-0.3, -0.25) is 0 Å². The molecule has 0 rings (SSSR count). The van der Waals surface area contributed by atoms with Crippen LogP contribution in [0.25, 0.3) is 0 Å². The first-order chi connectivity index (χ1) is 4.74. The molecule has 0 aliphatic heterocycles. The summed E-state index contributed by atoms with van der Waals surface area (Å²) in [6.07, 6.45) is 1.44. The van der Waals surface area contributed by atoms with Crippen molar-refractivity contribution in [1.82, 2.24) is 0 Å². The van der Waals surface area contributed by atoms with Crippen molar-refractivity contribution in [1.29, 1.82) is 0 Å². The predicted octanol–water partition coefficient (Wildman–Crippen LogP) is 3.90. The Morgan fingerprint density at radius 1 is 0.800 bits per heavy atom. The Bertz CT molecular complexity index is 66.5. The molecule has 0 aromatic rings. The molecule has 0 atom stereocenters. The van der Waals surface area contributed by atoms with E-state index < -0.39 is 21.2 Å². The van der Waals surface area contributed by atoms with Crippen LogP contribution in [0.5, 0.6) is 0 Å². The van der Waals surface area contributed by atoms with Crippen molar-refractivity contribution in [3.63, 3.8) is 0 Å². The third-order valence-electron chi connectivity index (χ3n) is 3.03. The van der Waals surface area contributed by atoms with Crippen LogP contribution in [-0.2, 0) is 0 Å². The monoisotopic (exact) mass is 338 g/mol. The quantitative estimate of drug-likeness (QED) is 0.668. The molecule has 0 bridgehead atoms. The molecule has 0 fully saturated rings. The Morgan fingerprint density at radius 2 is 1.20 bits per heavy atom. The molecular weight excluding hydrogens is 315 g/mol. The van der Waals surface area contributed by atoms with Crippen molar-refractivity contribution in [2.24, 2.45) is 0 Å². The van der Waals surface area contributed by atoms with Crippen molar-refractivity contribution in [2.75, 3.05) is 0 Å². The second-order valence-electron chi connectivity index (χ2n) is 3.31. The Kier molecular flexibility index (Phi) is 6.07. The third kappa shape index (κ3) is 2.89. The van der Waals surface area contributed by atoms with Gasteiger partial charge < -0.3 is 0 Å². The maximum atomic E-state index is 2.42. The fourth-order valence-corrected chi connectivity index (χ4v) is 15.9. The van der Waals surface area contributed by atoms with E-state index in [2.05, 4.69) is 27.7 Å².